The molecule has 0 spiro atoms. The summed E-state index contributed by atoms with van der Waals surface area (Å²) in [6, 6.07) is 3.79. The van der Waals surface area contributed by atoms with Gasteiger partial charge in [-0.05, 0) is 37.5 Å². The maximum Gasteiger partial charge on any atom is 0.308 e. The van der Waals surface area contributed by atoms with Crippen molar-refractivity contribution in [2.24, 2.45) is 10.9 Å². The summed E-state index contributed by atoms with van der Waals surface area (Å²) in [6.07, 6.45) is 1.54. The number of halogens is 1. The number of carbonyl (C=O) groups excluding carboxylic acids is 1. The summed E-state index contributed by atoms with van der Waals surface area (Å²) in [5.41, 5.74) is 0.962. The molecule has 27 heavy (non-hydrogen) atoms. The van der Waals surface area contributed by atoms with E-state index < -0.39 is 0 Å². The van der Waals surface area contributed by atoms with Crippen LogP contribution < -0.4 is 14.8 Å². The van der Waals surface area contributed by atoms with Gasteiger partial charge in [0, 0.05) is 19.6 Å². The van der Waals surface area contributed by atoms with E-state index in [0.717, 1.165) is 44.0 Å². The van der Waals surface area contributed by atoms with E-state index in [1.807, 2.05) is 19.1 Å². The number of methoxy groups -OCH3 is 1. The highest BCUT2D eigenvalue weighted by atomic mass is 35.5. The molecular formula is C19H26ClN3O4. The van der Waals surface area contributed by atoms with Crippen molar-refractivity contribution < 1.29 is 19.0 Å². The first-order valence-electron chi connectivity index (χ1n) is 9.31. The topological polar surface area (TPSA) is 72.4 Å². The first kappa shape index (κ1) is 19.6. The number of aliphatic imine (C=N–C) groups is 1. The molecule has 1 N–H and O–H groups in total. The number of nitrogens with one attached hydrogen (secondary N) is 1. The maximum absolute atomic E-state index is 11.7. The Morgan fingerprint density at radius 2 is 2.07 bits per heavy atom. The number of rotatable bonds is 4. The number of likely N-dealkylation sites (tertiary alicyclic amines) is 1. The lowest BCUT2D eigenvalue weighted by Crippen LogP contribution is -2.46. The molecule has 0 aromatic heterocycles. The van der Waals surface area contributed by atoms with E-state index in [1.54, 1.807) is 0 Å². The molecule has 1 saturated heterocycles. The fraction of sp³-hybridized carbons (Fsp3) is 0.579. The molecule has 2 aliphatic heterocycles. The molecule has 7 nitrogen and oxygen atoms in total. The predicted octanol–water partition coefficient (Wildman–Crippen LogP) is 2.46. The van der Waals surface area contributed by atoms with Crippen LogP contribution in [-0.4, -0.2) is 56.8 Å². The molecule has 0 aliphatic carbocycles. The van der Waals surface area contributed by atoms with Gasteiger partial charge in [0.15, 0.2) is 17.5 Å². The minimum absolute atomic E-state index is 0.0225. The van der Waals surface area contributed by atoms with Crippen LogP contribution in [-0.2, 0) is 16.1 Å². The highest BCUT2D eigenvalue weighted by molar-refractivity contribution is 6.32. The van der Waals surface area contributed by atoms with E-state index in [9.17, 15) is 4.79 Å². The van der Waals surface area contributed by atoms with Crippen LogP contribution >= 0.6 is 11.6 Å². The van der Waals surface area contributed by atoms with Crippen molar-refractivity contribution in [2.45, 2.75) is 26.3 Å². The Bertz CT molecular complexity index is 702. The van der Waals surface area contributed by atoms with Crippen molar-refractivity contribution in [2.75, 3.05) is 40.0 Å². The standard InChI is InChI=1S/C19H26ClN3O4/c1-3-21-19(23-6-4-14(5-7-23)18(24)25-2)22-12-13-10-15(20)17-16(11-13)26-8-9-27-17/h10-11,14H,3-9,12H2,1-2H3,(H,21,22). The van der Waals surface area contributed by atoms with Crippen molar-refractivity contribution in [1.82, 2.24) is 10.2 Å². The van der Waals surface area contributed by atoms with Gasteiger partial charge in [-0.25, -0.2) is 4.99 Å². The summed E-state index contributed by atoms with van der Waals surface area (Å²) in [6.45, 7) is 5.87. The zero-order valence-corrected chi connectivity index (χ0v) is 16.6. The van der Waals surface area contributed by atoms with Crippen LogP contribution in [0.15, 0.2) is 17.1 Å². The molecule has 0 saturated carbocycles. The summed E-state index contributed by atoms with van der Waals surface area (Å²) < 4.78 is 16.0. The molecule has 2 heterocycles. The van der Waals surface area contributed by atoms with Crippen LogP contribution in [0.3, 0.4) is 0 Å². The lowest BCUT2D eigenvalue weighted by molar-refractivity contribution is -0.146. The third-order valence-corrected chi connectivity index (χ3v) is 5.01. The van der Waals surface area contributed by atoms with Crippen LogP contribution in [0.5, 0.6) is 11.5 Å². The van der Waals surface area contributed by atoms with Gasteiger partial charge >= 0.3 is 5.97 Å². The monoisotopic (exact) mass is 395 g/mol. The number of fused-ring (bicyclic) bond motifs is 1. The van der Waals surface area contributed by atoms with Crippen molar-refractivity contribution in [3.8, 4) is 11.5 Å². The van der Waals surface area contributed by atoms with E-state index in [2.05, 4.69) is 10.2 Å². The average Bonchev–Trinajstić information content (AvgIpc) is 2.70. The second-order valence-electron chi connectivity index (χ2n) is 6.56. The fourth-order valence-corrected chi connectivity index (χ4v) is 3.63. The minimum Gasteiger partial charge on any atom is -0.486 e. The molecule has 1 fully saturated rings. The molecule has 2 aliphatic rings. The van der Waals surface area contributed by atoms with Crippen molar-refractivity contribution in [3.63, 3.8) is 0 Å². The zero-order chi connectivity index (χ0) is 19.2. The van der Waals surface area contributed by atoms with Gasteiger partial charge in [0.25, 0.3) is 0 Å². The zero-order valence-electron chi connectivity index (χ0n) is 15.8. The second kappa shape index (κ2) is 9.17. The number of hydrogen-bond acceptors (Lipinski definition) is 5. The minimum atomic E-state index is -0.123. The first-order chi connectivity index (χ1) is 13.1. The number of carbonyl (C=O) groups is 1. The van der Waals surface area contributed by atoms with E-state index >= 15 is 0 Å². The molecule has 0 unspecified atom stereocenters. The molecule has 3 rings (SSSR count). The Labute approximate surface area is 164 Å². The number of benzene rings is 1. The lowest BCUT2D eigenvalue weighted by Gasteiger charge is -2.33. The summed E-state index contributed by atoms with van der Waals surface area (Å²) in [7, 11) is 1.44. The highest BCUT2D eigenvalue weighted by Crippen LogP contribution is 2.38. The van der Waals surface area contributed by atoms with Crippen LogP contribution in [0.1, 0.15) is 25.3 Å². The lowest BCUT2D eigenvalue weighted by atomic mass is 9.97. The molecule has 8 heteroatoms. The SMILES string of the molecule is CCNC(=NCc1cc(Cl)c2c(c1)OCCO2)N1CCC(C(=O)OC)CC1. The van der Waals surface area contributed by atoms with Crippen molar-refractivity contribution >= 4 is 23.5 Å². The molecule has 0 atom stereocenters. The number of piperidine rings is 1. The molecule has 1 aromatic carbocycles. The molecule has 148 valence electrons. The van der Waals surface area contributed by atoms with Gasteiger partial charge in [0.1, 0.15) is 13.2 Å². The Balaban J connectivity index is 1.68. The van der Waals surface area contributed by atoms with Crippen LogP contribution in [0.2, 0.25) is 5.02 Å². The molecular weight excluding hydrogens is 370 g/mol. The summed E-state index contributed by atoms with van der Waals surface area (Å²) in [4.78, 5) is 18.6. The third-order valence-electron chi connectivity index (χ3n) is 4.73. The van der Waals surface area contributed by atoms with E-state index in [-0.39, 0.29) is 11.9 Å². The predicted molar refractivity (Wildman–Crippen MR) is 104 cm³/mol. The average molecular weight is 396 g/mol. The summed E-state index contributed by atoms with van der Waals surface area (Å²) >= 11 is 6.31. The molecule has 0 bridgehead atoms. The molecule has 1 aromatic rings. The number of guanidine groups is 1. The molecule has 0 amide bonds. The van der Waals surface area contributed by atoms with Crippen LogP contribution in [0, 0.1) is 5.92 Å². The number of nitrogens with zero attached hydrogens (tertiary/aromatic N) is 2. The maximum atomic E-state index is 11.7. The Kier molecular flexibility index (Phi) is 6.66. The van der Waals surface area contributed by atoms with E-state index in [1.165, 1.54) is 7.11 Å². The summed E-state index contributed by atoms with van der Waals surface area (Å²) in [5.74, 6) is 1.97. The largest absolute Gasteiger partial charge is 0.486 e. The van der Waals surface area contributed by atoms with Gasteiger partial charge < -0.3 is 24.4 Å². The van der Waals surface area contributed by atoms with Crippen LogP contribution in [0.25, 0.3) is 0 Å². The first-order valence-corrected chi connectivity index (χ1v) is 9.69. The van der Waals surface area contributed by atoms with Gasteiger partial charge in [0.2, 0.25) is 0 Å². The quantitative estimate of drug-likeness (QED) is 0.479. The van der Waals surface area contributed by atoms with Gasteiger partial charge in [-0.1, -0.05) is 11.6 Å². The smallest absolute Gasteiger partial charge is 0.308 e. The van der Waals surface area contributed by atoms with E-state index in [0.29, 0.717) is 36.3 Å². The van der Waals surface area contributed by atoms with Crippen LogP contribution in [0.4, 0.5) is 0 Å². The Morgan fingerprint density at radius 3 is 2.78 bits per heavy atom. The van der Waals surface area contributed by atoms with Crippen molar-refractivity contribution in [1.29, 1.82) is 0 Å². The normalized spacial score (nSPS) is 17.6. The van der Waals surface area contributed by atoms with Gasteiger partial charge in [-0.15, -0.1) is 0 Å². The second-order valence-corrected chi connectivity index (χ2v) is 6.96. The molecule has 0 radical (unpaired) electrons. The number of esters is 1. The Morgan fingerprint density at radius 1 is 1.33 bits per heavy atom. The van der Waals surface area contributed by atoms with E-state index in [4.69, 9.17) is 30.8 Å². The van der Waals surface area contributed by atoms with Gasteiger partial charge in [-0.3, -0.25) is 4.79 Å². The highest BCUT2D eigenvalue weighted by Gasteiger charge is 2.27. The summed E-state index contributed by atoms with van der Waals surface area (Å²) in [5, 5.41) is 3.87. The Hall–Kier alpha value is -2.15. The van der Waals surface area contributed by atoms with Gasteiger partial charge in [0.05, 0.1) is 24.6 Å². The van der Waals surface area contributed by atoms with Gasteiger partial charge in [-0.2, -0.15) is 0 Å². The fourth-order valence-electron chi connectivity index (χ4n) is 3.34. The number of ether oxygens (including phenoxy) is 3. The third kappa shape index (κ3) is 4.77. The van der Waals surface area contributed by atoms with Crippen molar-refractivity contribution in [3.05, 3.63) is 22.7 Å². The number of hydrogen-bond donors (Lipinski definition) is 1.